The van der Waals surface area contributed by atoms with Gasteiger partial charge in [0.1, 0.15) is 11.4 Å². The summed E-state index contributed by atoms with van der Waals surface area (Å²) in [5.74, 6) is 0.615. The topological polar surface area (TPSA) is 87.3 Å². The van der Waals surface area contributed by atoms with E-state index in [1.54, 1.807) is 29.1 Å². The Labute approximate surface area is 189 Å². The Morgan fingerprint density at radius 1 is 1.00 bits per heavy atom. The van der Waals surface area contributed by atoms with Gasteiger partial charge in [-0.1, -0.05) is 30.3 Å². The van der Waals surface area contributed by atoms with Crippen molar-refractivity contribution in [3.8, 4) is 22.7 Å². The normalized spacial score (nSPS) is 13.8. The fourth-order valence-corrected chi connectivity index (χ4v) is 3.76. The molecule has 1 aromatic heterocycles. The summed E-state index contributed by atoms with van der Waals surface area (Å²) in [6.45, 7) is 3.94. The molecule has 0 N–H and O–H groups in total. The molecule has 0 amide bonds. The molecule has 162 valence electrons. The summed E-state index contributed by atoms with van der Waals surface area (Å²) in [5.41, 5.74) is 5.54. The van der Waals surface area contributed by atoms with E-state index < -0.39 is 4.92 Å². The van der Waals surface area contributed by atoms with Crippen LogP contribution in [-0.2, 0) is 0 Å². The van der Waals surface area contributed by atoms with Crippen LogP contribution in [0.4, 0.5) is 5.69 Å². The highest BCUT2D eigenvalue weighted by Gasteiger charge is 2.28. The van der Waals surface area contributed by atoms with Gasteiger partial charge in [-0.05, 0) is 55.3 Å². The molecule has 0 bridgehead atoms. The van der Waals surface area contributed by atoms with Crippen LogP contribution in [0.2, 0.25) is 0 Å². The lowest BCUT2D eigenvalue weighted by molar-refractivity contribution is -0.384. The number of aryl methyl sites for hydroxylation is 2. The number of benzene rings is 3. The van der Waals surface area contributed by atoms with Gasteiger partial charge >= 0.3 is 0 Å². The average Bonchev–Trinajstić information content (AvgIpc) is 3.37. The lowest BCUT2D eigenvalue weighted by Gasteiger charge is -2.02. The number of carbonyl (C=O) groups excluding carboxylic acids is 1. The summed E-state index contributed by atoms with van der Waals surface area (Å²) in [6.07, 6.45) is 3.48. The number of nitro groups is 1. The Bertz CT molecular complexity index is 1430. The highest BCUT2D eigenvalue weighted by molar-refractivity contribution is 6.14. The Morgan fingerprint density at radius 3 is 2.39 bits per heavy atom. The molecule has 4 aromatic rings. The summed E-state index contributed by atoms with van der Waals surface area (Å²) in [7, 11) is 0. The van der Waals surface area contributed by atoms with Gasteiger partial charge in [0, 0.05) is 29.5 Å². The second-order valence-electron chi connectivity index (χ2n) is 7.89. The van der Waals surface area contributed by atoms with Crippen LogP contribution in [0.15, 0.2) is 78.7 Å². The number of carbonyl (C=O) groups is 1. The number of allylic oxidation sites excluding steroid dienone is 1. The molecule has 0 fully saturated rings. The van der Waals surface area contributed by atoms with E-state index in [1.165, 1.54) is 12.1 Å². The van der Waals surface area contributed by atoms with Crippen molar-refractivity contribution in [2.75, 3.05) is 0 Å². The first kappa shape index (κ1) is 20.4. The molecule has 0 saturated carbocycles. The number of fused-ring (bicyclic) bond motifs is 1. The molecule has 0 atom stereocenters. The van der Waals surface area contributed by atoms with Gasteiger partial charge in [0.15, 0.2) is 5.76 Å². The van der Waals surface area contributed by atoms with E-state index in [9.17, 15) is 14.9 Å². The van der Waals surface area contributed by atoms with Gasteiger partial charge < -0.3 is 4.74 Å². The van der Waals surface area contributed by atoms with Crippen LogP contribution in [0.1, 0.15) is 27.0 Å². The molecule has 0 unspecified atom stereocenters. The third-order valence-electron chi connectivity index (χ3n) is 5.69. The molecular formula is C26H19N3O4. The highest BCUT2D eigenvalue weighted by Crippen LogP contribution is 2.35. The summed E-state index contributed by atoms with van der Waals surface area (Å²) < 4.78 is 7.54. The molecule has 0 spiro atoms. The summed E-state index contributed by atoms with van der Waals surface area (Å²) >= 11 is 0. The number of nitrogens with zero attached hydrogens (tertiary/aromatic N) is 3. The van der Waals surface area contributed by atoms with Crippen molar-refractivity contribution in [3.05, 3.63) is 111 Å². The minimum absolute atomic E-state index is 0.00448. The van der Waals surface area contributed by atoms with E-state index in [1.807, 2.05) is 56.3 Å². The molecular weight excluding hydrogens is 418 g/mol. The third-order valence-corrected chi connectivity index (χ3v) is 5.69. The molecule has 7 nitrogen and oxygen atoms in total. The Balaban J connectivity index is 1.59. The monoisotopic (exact) mass is 437 g/mol. The van der Waals surface area contributed by atoms with Gasteiger partial charge in [-0.3, -0.25) is 14.9 Å². The van der Waals surface area contributed by atoms with Crippen molar-refractivity contribution in [1.29, 1.82) is 0 Å². The maximum absolute atomic E-state index is 13.0. The van der Waals surface area contributed by atoms with Crippen LogP contribution < -0.4 is 4.74 Å². The van der Waals surface area contributed by atoms with E-state index in [-0.39, 0.29) is 17.2 Å². The number of non-ortho nitro benzene ring substituents is 1. The number of ether oxygens (including phenoxy) is 1. The van der Waals surface area contributed by atoms with E-state index in [0.29, 0.717) is 28.3 Å². The van der Waals surface area contributed by atoms with Crippen molar-refractivity contribution in [2.45, 2.75) is 13.8 Å². The number of Topliss-reactive ketones (excluding diaryl/α,β-unsaturated/α-hetero) is 1. The van der Waals surface area contributed by atoms with E-state index in [2.05, 4.69) is 0 Å². The summed E-state index contributed by atoms with van der Waals surface area (Å²) in [4.78, 5) is 23.5. The van der Waals surface area contributed by atoms with E-state index >= 15 is 0 Å². The van der Waals surface area contributed by atoms with Gasteiger partial charge in [-0.15, -0.1) is 0 Å². The number of ketones is 1. The molecule has 2 heterocycles. The SMILES string of the molecule is Cc1cc2c(cc1C)C(=O)/C(=C/c1cn(-c3ccc([N+](=O)[O-])cc3)nc1-c1ccccc1)O2. The zero-order chi connectivity index (χ0) is 23.1. The maximum Gasteiger partial charge on any atom is 0.269 e. The summed E-state index contributed by atoms with van der Waals surface area (Å²) in [6, 6.07) is 19.5. The van der Waals surface area contributed by atoms with E-state index in [4.69, 9.17) is 9.84 Å². The fraction of sp³-hybridized carbons (Fsp3) is 0.0769. The fourth-order valence-electron chi connectivity index (χ4n) is 3.76. The van der Waals surface area contributed by atoms with Crippen molar-refractivity contribution < 1.29 is 14.5 Å². The minimum Gasteiger partial charge on any atom is -0.452 e. The number of hydrogen-bond donors (Lipinski definition) is 0. The lowest BCUT2D eigenvalue weighted by atomic mass is 10.0. The highest BCUT2D eigenvalue weighted by atomic mass is 16.6. The number of hydrogen-bond acceptors (Lipinski definition) is 5. The lowest BCUT2D eigenvalue weighted by Crippen LogP contribution is -1.98. The zero-order valence-corrected chi connectivity index (χ0v) is 18.0. The first-order valence-corrected chi connectivity index (χ1v) is 10.4. The molecule has 3 aromatic carbocycles. The maximum atomic E-state index is 13.0. The standard InChI is InChI=1S/C26H19N3O4/c1-16-12-22-23(13-17(16)2)33-24(26(22)30)14-19-15-28(20-8-10-21(11-9-20)29(31)32)27-25(19)18-6-4-3-5-7-18/h3-15H,1-2H3/b24-14-. The molecule has 0 aliphatic carbocycles. The number of nitro benzene ring substituents is 1. The average molecular weight is 437 g/mol. The van der Waals surface area contributed by atoms with Crippen molar-refractivity contribution in [3.63, 3.8) is 0 Å². The first-order chi connectivity index (χ1) is 15.9. The molecule has 33 heavy (non-hydrogen) atoms. The number of rotatable bonds is 4. The molecule has 1 aliphatic rings. The Hall–Kier alpha value is -4.52. The first-order valence-electron chi connectivity index (χ1n) is 10.4. The van der Waals surface area contributed by atoms with E-state index in [0.717, 1.165) is 16.7 Å². The smallest absolute Gasteiger partial charge is 0.269 e. The van der Waals surface area contributed by atoms with Crippen LogP contribution in [0.5, 0.6) is 5.75 Å². The zero-order valence-electron chi connectivity index (χ0n) is 18.0. The predicted octanol–water partition coefficient (Wildman–Crippen LogP) is 5.68. The van der Waals surface area contributed by atoms with Crippen LogP contribution >= 0.6 is 0 Å². The van der Waals surface area contributed by atoms with Gasteiger partial charge in [0.25, 0.3) is 5.69 Å². The second kappa shape index (κ2) is 7.87. The molecule has 7 heteroatoms. The van der Waals surface area contributed by atoms with Crippen LogP contribution in [-0.4, -0.2) is 20.5 Å². The van der Waals surface area contributed by atoms with Crippen molar-refractivity contribution in [2.24, 2.45) is 0 Å². The third kappa shape index (κ3) is 3.70. The quantitative estimate of drug-likeness (QED) is 0.233. The van der Waals surface area contributed by atoms with Crippen LogP contribution in [0, 0.1) is 24.0 Å². The molecule has 0 saturated heterocycles. The van der Waals surface area contributed by atoms with Gasteiger partial charge in [0.05, 0.1) is 16.2 Å². The Morgan fingerprint density at radius 2 is 1.70 bits per heavy atom. The van der Waals surface area contributed by atoms with Crippen molar-refractivity contribution >= 4 is 17.5 Å². The second-order valence-corrected chi connectivity index (χ2v) is 7.89. The largest absolute Gasteiger partial charge is 0.452 e. The number of aromatic nitrogens is 2. The van der Waals surface area contributed by atoms with Crippen LogP contribution in [0.3, 0.4) is 0 Å². The summed E-state index contributed by atoms with van der Waals surface area (Å²) in [5, 5.41) is 15.7. The molecule has 0 radical (unpaired) electrons. The van der Waals surface area contributed by atoms with Gasteiger partial charge in [0.2, 0.25) is 5.78 Å². The predicted molar refractivity (Wildman–Crippen MR) is 125 cm³/mol. The van der Waals surface area contributed by atoms with Crippen molar-refractivity contribution in [1.82, 2.24) is 9.78 Å². The van der Waals surface area contributed by atoms with Gasteiger partial charge in [-0.2, -0.15) is 5.10 Å². The molecule has 1 aliphatic heterocycles. The molecule has 5 rings (SSSR count). The Kier molecular flexibility index (Phi) is 4.86. The van der Waals surface area contributed by atoms with Crippen LogP contribution in [0.25, 0.3) is 23.0 Å². The van der Waals surface area contributed by atoms with Gasteiger partial charge in [-0.25, -0.2) is 4.68 Å². The minimum atomic E-state index is -0.442.